The highest BCUT2D eigenvalue weighted by molar-refractivity contribution is 5.86. The molecule has 2 saturated heterocycles. The quantitative estimate of drug-likeness (QED) is 0.613. The number of amides is 2. The zero-order valence-electron chi connectivity index (χ0n) is 18.3. The van der Waals surface area contributed by atoms with Crippen molar-refractivity contribution in [3.05, 3.63) is 52.7 Å². The molecule has 2 aliphatic heterocycles. The SMILES string of the molecule is Cc1cc(CC(=O)NCC(=O)N2[C@@H]3CC[C@H]2C[C@@H]([C@H](N)Cc2cc(F)c(F)cc2F)C3)on1. The minimum Gasteiger partial charge on any atom is -0.361 e. The Bertz CT molecular complexity index is 1030. The number of hydrogen-bond donors (Lipinski definition) is 2. The van der Waals surface area contributed by atoms with E-state index in [0.717, 1.165) is 18.9 Å². The highest BCUT2D eigenvalue weighted by atomic mass is 19.2. The molecule has 0 radical (unpaired) electrons. The second-order valence-electron chi connectivity index (χ2n) is 9.03. The van der Waals surface area contributed by atoms with Crippen molar-refractivity contribution in [3.8, 4) is 0 Å². The van der Waals surface area contributed by atoms with Gasteiger partial charge in [0.25, 0.3) is 0 Å². The molecule has 3 N–H and O–H groups in total. The first kappa shape index (κ1) is 23.3. The second kappa shape index (κ2) is 9.54. The van der Waals surface area contributed by atoms with Crippen LogP contribution in [-0.2, 0) is 22.4 Å². The average molecular weight is 464 g/mol. The fraction of sp³-hybridized carbons (Fsp3) is 0.522. The summed E-state index contributed by atoms with van der Waals surface area (Å²) in [5.41, 5.74) is 7.06. The number of carbonyl (C=O) groups is 2. The van der Waals surface area contributed by atoms with Crippen LogP contribution in [0.5, 0.6) is 0 Å². The Balaban J connectivity index is 1.30. The van der Waals surface area contributed by atoms with Crippen molar-refractivity contribution < 1.29 is 27.3 Å². The monoisotopic (exact) mass is 464 g/mol. The number of nitrogens with zero attached hydrogens (tertiary/aromatic N) is 2. The minimum absolute atomic E-state index is 0.00377. The van der Waals surface area contributed by atoms with Crippen LogP contribution in [0, 0.1) is 30.3 Å². The third-order valence-electron chi connectivity index (χ3n) is 6.66. The summed E-state index contributed by atoms with van der Waals surface area (Å²) in [6, 6.07) is 2.63. The lowest BCUT2D eigenvalue weighted by atomic mass is 9.82. The number of piperidine rings is 1. The average Bonchev–Trinajstić information content (AvgIpc) is 3.29. The first-order chi connectivity index (χ1) is 15.7. The summed E-state index contributed by atoms with van der Waals surface area (Å²) in [6.45, 7) is 1.66. The third-order valence-corrected chi connectivity index (χ3v) is 6.66. The van der Waals surface area contributed by atoms with Gasteiger partial charge in [0.05, 0.1) is 18.7 Å². The molecule has 7 nitrogen and oxygen atoms in total. The van der Waals surface area contributed by atoms with Crippen LogP contribution in [0.15, 0.2) is 22.7 Å². The highest BCUT2D eigenvalue weighted by Gasteiger charge is 2.44. The molecule has 0 aliphatic carbocycles. The zero-order valence-corrected chi connectivity index (χ0v) is 18.3. The lowest BCUT2D eigenvalue weighted by Crippen LogP contribution is -2.52. The molecular weight excluding hydrogens is 437 g/mol. The Morgan fingerprint density at radius 1 is 1.15 bits per heavy atom. The summed E-state index contributed by atoms with van der Waals surface area (Å²) in [5, 5.41) is 6.37. The number of nitrogens with one attached hydrogen (secondary N) is 1. The summed E-state index contributed by atoms with van der Waals surface area (Å²) in [4.78, 5) is 26.8. The smallest absolute Gasteiger partial charge is 0.242 e. The number of benzene rings is 1. The molecular formula is C23H27F3N4O3. The van der Waals surface area contributed by atoms with Crippen molar-refractivity contribution in [2.24, 2.45) is 11.7 Å². The maximum Gasteiger partial charge on any atom is 0.242 e. The molecule has 0 saturated carbocycles. The molecule has 2 bridgehead atoms. The van der Waals surface area contributed by atoms with E-state index in [1.54, 1.807) is 13.0 Å². The zero-order chi connectivity index (χ0) is 23.7. The molecule has 4 rings (SSSR count). The topological polar surface area (TPSA) is 101 Å². The Labute approximate surface area is 189 Å². The van der Waals surface area contributed by atoms with E-state index in [9.17, 15) is 22.8 Å². The number of fused-ring (bicyclic) bond motifs is 2. The Morgan fingerprint density at radius 2 is 1.82 bits per heavy atom. The molecule has 178 valence electrons. The van der Waals surface area contributed by atoms with Gasteiger partial charge >= 0.3 is 0 Å². The Morgan fingerprint density at radius 3 is 2.45 bits per heavy atom. The first-order valence-corrected chi connectivity index (χ1v) is 11.1. The van der Waals surface area contributed by atoms with Gasteiger partial charge in [0.1, 0.15) is 11.6 Å². The van der Waals surface area contributed by atoms with E-state index < -0.39 is 23.5 Å². The van der Waals surface area contributed by atoms with E-state index in [4.69, 9.17) is 10.3 Å². The van der Waals surface area contributed by atoms with Gasteiger partial charge in [0.2, 0.25) is 11.8 Å². The van der Waals surface area contributed by atoms with Gasteiger partial charge in [-0.3, -0.25) is 9.59 Å². The van der Waals surface area contributed by atoms with Crippen LogP contribution in [-0.4, -0.2) is 46.5 Å². The van der Waals surface area contributed by atoms with Crippen LogP contribution in [0.1, 0.15) is 42.7 Å². The van der Waals surface area contributed by atoms with E-state index in [1.807, 2.05) is 4.90 Å². The molecule has 2 fully saturated rings. The van der Waals surface area contributed by atoms with Crippen LogP contribution >= 0.6 is 0 Å². The van der Waals surface area contributed by atoms with E-state index in [1.165, 1.54) is 0 Å². The number of aromatic nitrogens is 1. The summed E-state index contributed by atoms with van der Waals surface area (Å²) in [6.07, 6.45) is 3.09. The van der Waals surface area contributed by atoms with E-state index in [0.29, 0.717) is 30.4 Å². The first-order valence-electron chi connectivity index (χ1n) is 11.1. The molecule has 0 unspecified atom stereocenters. The van der Waals surface area contributed by atoms with Crippen molar-refractivity contribution in [3.63, 3.8) is 0 Å². The Hall–Kier alpha value is -2.88. The van der Waals surface area contributed by atoms with Crippen molar-refractivity contribution in [2.75, 3.05) is 6.54 Å². The van der Waals surface area contributed by atoms with Crippen LogP contribution in [0.3, 0.4) is 0 Å². The molecule has 0 spiro atoms. The van der Waals surface area contributed by atoms with Crippen molar-refractivity contribution in [1.29, 1.82) is 0 Å². The van der Waals surface area contributed by atoms with Gasteiger partial charge in [0, 0.05) is 30.3 Å². The van der Waals surface area contributed by atoms with Crippen LogP contribution in [0.25, 0.3) is 0 Å². The summed E-state index contributed by atoms with van der Waals surface area (Å²) in [7, 11) is 0. The van der Waals surface area contributed by atoms with Gasteiger partial charge in [0.15, 0.2) is 11.6 Å². The number of rotatable bonds is 7. The lowest BCUT2D eigenvalue weighted by Gasteiger charge is -2.41. The number of nitrogens with two attached hydrogens (primary N) is 1. The second-order valence-corrected chi connectivity index (χ2v) is 9.03. The summed E-state index contributed by atoms with van der Waals surface area (Å²) in [5.74, 6) is -3.14. The van der Waals surface area contributed by atoms with E-state index in [2.05, 4.69) is 10.5 Å². The number of halogens is 3. The van der Waals surface area contributed by atoms with Gasteiger partial charge in [-0.1, -0.05) is 5.16 Å². The summed E-state index contributed by atoms with van der Waals surface area (Å²) < 4.78 is 45.7. The van der Waals surface area contributed by atoms with E-state index in [-0.39, 0.29) is 54.8 Å². The van der Waals surface area contributed by atoms with Crippen molar-refractivity contribution >= 4 is 11.8 Å². The van der Waals surface area contributed by atoms with Crippen LogP contribution < -0.4 is 11.1 Å². The fourth-order valence-electron chi connectivity index (χ4n) is 5.10. The minimum atomic E-state index is -1.22. The van der Waals surface area contributed by atoms with Gasteiger partial charge in [-0.05, 0) is 56.6 Å². The number of hydrogen-bond acceptors (Lipinski definition) is 5. The lowest BCUT2D eigenvalue weighted by molar-refractivity contribution is -0.137. The standard InChI is InChI=1S/C23H27F3N4O3/c1-12-4-17(33-29-12)9-22(31)28-11-23(32)30-15-2-3-16(30)6-14(5-15)21(27)8-13-7-19(25)20(26)10-18(13)24/h4,7,10,14-16,21H,2-3,5-6,8-9,11,27H2,1H3,(H,28,31)/t14-,15+,16-,21-/m1/s1. The summed E-state index contributed by atoms with van der Waals surface area (Å²) >= 11 is 0. The predicted octanol–water partition coefficient (Wildman–Crippen LogP) is 2.40. The number of aryl methyl sites for hydroxylation is 1. The third kappa shape index (κ3) is 5.21. The largest absolute Gasteiger partial charge is 0.361 e. The van der Waals surface area contributed by atoms with Gasteiger partial charge in [-0.25, -0.2) is 13.2 Å². The molecule has 3 heterocycles. The molecule has 2 aliphatic rings. The van der Waals surface area contributed by atoms with Gasteiger partial charge in [-0.15, -0.1) is 0 Å². The predicted molar refractivity (Wildman–Crippen MR) is 112 cm³/mol. The van der Waals surface area contributed by atoms with Crippen molar-refractivity contribution in [1.82, 2.24) is 15.4 Å². The number of carbonyl (C=O) groups excluding carboxylic acids is 2. The maximum atomic E-state index is 14.0. The molecule has 33 heavy (non-hydrogen) atoms. The molecule has 2 aromatic rings. The normalized spacial score (nSPS) is 22.9. The van der Waals surface area contributed by atoms with Crippen LogP contribution in [0.2, 0.25) is 0 Å². The molecule has 1 aromatic carbocycles. The molecule has 1 aromatic heterocycles. The van der Waals surface area contributed by atoms with Gasteiger partial charge < -0.3 is 20.5 Å². The highest BCUT2D eigenvalue weighted by Crippen LogP contribution is 2.40. The van der Waals surface area contributed by atoms with Crippen LogP contribution in [0.4, 0.5) is 13.2 Å². The Kier molecular flexibility index (Phi) is 6.73. The fourth-order valence-corrected chi connectivity index (χ4v) is 5.10. The maximum absolute atomic E-state index is 14.0. The molecule has 4 atom stereocenters. The van der Waals surface area contributed by atoms with Crippen molar-refractivity contribution in [2.45, 2.75) is 63.6 Å². The molecule has 10 heteroatoms. The van der Waals surface area contributed by atoms with Gasteiger partial charge in [-0.2, -0.15) is 0 Å². The molecule has 2 amide bonds. The van der Waals surface area contributed by atoms with E-state index >= 15 is 0 Å².